The molecule has 0 aromatic heterocycles. The molecular weight excluding hydrogens is 268 g/mol. The standard InChI is InChI=1S/C13H15ClN2O3/c1-9-4-2-3-7-15(9)13(17)11-6-5-10(14)8-12(11)16(18)19/h5-6,8-9H,2-4,7H2,1H3. The summed E-state index contributed by atoms with van der Waals surface area (Å²) in [6, 6.07) is 4.29. The Kier molecular flexibility index (Phi) is 4.04. The van der Waals surface area contributed by atoms with Crippen LogP contribution in [0.15, 0.2) is 18.2 Å². The number of halogens is 1. The number of piperidine rings is 1. The lowest BCUT2D eigenvalue weighted by molar-refractivity contribution is -0.385. The van der Waals surface area contributed by atoms with Crippen LogP contribution in [0.5, 0.6) is 0 Å². The number of carbonyl (C=O) groups excluding carboxylic acids is 1. The molecule has 1 amide bonds. The molecule has 0 N–H and O–H groups in total. The Morgan fingerprint density at radius 2 is 2.21 bits per heavy atom. The van der Waals surface area contributed by atoms with E-state index in [-0.39, 0.29) is 28.2 Å². The molecule has 1 aliphatic rings. The van der Waals surface area contributed by atoms with E-state index in [9.17, 15) is 14.9 Å². The van der Waals surface area contributed by atoms with Crippen molar-refractivity contribution in [2.45, 2.75) is 32.2 Å². The number of nitro benzene ring substituents is 1. The van der Waals surface area contributed by atoms with Crippen molar-refractivity contribution in [1.29, 1.82) is 0 Å². The van der Waals surface area contributed by atoms with Crippen LogP contribution >= 0.6 is 11.6 Å². The predicted octanol–water partition coefficient (Wildman–Crippen LogP) is 3.26. The van der Waals surface area contributed by atoms with Gasteiger partial charge in [0.2, 0.25) is 0 Å². The molecule has 1 unspecified atom stereocenters. The van der Waals surface area contributed by atoms with Crippen molar-refractivity contribution >= 4 is 23.2 Å². The molecule has 0 radical (unpaired) electrons. The van der Waals surface area contributed by atoms with E-state index in [1.165, 1.54) is 18.2 Å². The normalized spacial score (nSPS) is 19.3. The maximum atomic E-state index is 12.4. The highest BCUT2D eigenvalue weighted by atomic mass is 35.5. The van der Waals surface area contributed by atoms with Gasteiger partial charge in [0.05, 0.1) is 4.92 Å². The molecule has 1 aromatic carbocycles. The Labute approximate surface area is 116 Å². The number of hydrogen-bond acceptors (Lipinski definition) is 3. The molecule has 1 atom stereocenters. The van der Waals surface area contributed by atoms with Gasteiger partial charge in [0.15, 0.2) is 0 Å². The lowest BCUT2D eigenvalue weighted by Gasteiger charge is -2.33. The molecule has 0 aliphatic carbocycles. The van der Waals surface area contributed by atoms with Gasteiger partial charge in [-0.3, -0.25) is 14.9 Å². The monoisotopic (exact) mass is 282 g/mol. The van der Waals surface area contributed by atoms with Gasteiger partial charge in [-0.15, -0.1) is 0 Å². The molecular formula is C13H15ClN2O3. The lowest BCUT2D eigenvalue weighted by atomic mass is 10.0. The Bertz CT molecular complexity index is 519. The zero-order valence-electron chi connectivity index (χ0n) is 10.6. The third-order valence-electron chi connectivity index (χ3n) is 3.45. The Morgan fingerprint density at radius 1 is 1.47 bits per heavy atom. The van der Waals surface area contributed by atoms with Crippen molar-refractivity contribution in [2.75, 3.05) is 6.54 Å². The second-order valence-corrected chi connectivity index (χ2v) is 5.20. The third kappa shape index (κ3) is 2.87. The van der Waals surface area contributed by atoms with E-state index in [4.69, 9.17) is 11.6 Å². The van der Waals surface area contributed by atoms with Crippen molar-refractivity contribution in [2.24, 2.45) is 0 Å². The van der Waals surface area contributed by atoms with Gasteiger partial charge in [0.25, 0.3) is 11.6 Å². The first-order valence-corrected chi connectivity index (χ1v) is 6.63. The number of amides is 1. The fourth-order valence-electron chi connectivity index (χ4n) is 2.39. The van der Waals surface area contributed by atoms with Crippen molar-refractivity contribution in [3.8, 4) is 0 Å². The van der Waals surface area contributed by atoms with Crippen LogP contribution in [0.4, 0.5) is 5.69 Å². The third-order valence-corrected chi connectivity index (χ3v) is 3.69. The molecule has 0 saturated carbocycles. The molecule has 0 spiro atoms. The van der Waals surface area contributed by atoms with E-state index in [2.05, 4.69) is 0 Å². The summed E-state index contributed by atoms with van der Waals surface area (Å²) < 4.78 is 0. The minimum atomic E-state index is -0.562. The summed E-state index contributed by atoms with van der Waals surface area (Å²) in [5.41, 5.74) is -0.113. The number of carbonyl (C=O) groups is 1. The zero-order chi connectivity index (χ0) is 14.0. The van der Waals surface area contributed by atoms with Gasteiger partial charge < -0.3 is 4.90 Å². The highest BCUT2D eigenvalue weighted by Crippen LogP contribution is 2.27. The fraction of sp³-hybridized carbons (Fsp3) is 0.462. The largest absolute Gasteiger partial charge is 0.336 e. The first kappa shape index (κ1) is 13.8. The molecule has 1 aromatic rings. The lowest BCUT2D eigenvalue weighted by Crippen LogP contribution is -2.42. The molecule has 19 heavy (non-hydrogen) atoms. The van der Waals surface area contributed by atoms with Gasteiger partial charge in [-0.2, -0.15) is 0 Å². The minimum absolute atomic E-state index is 0.114. The molecule has 1 heterocycles. The van der Waals surface area contributed by atoms with E-state index in [1.54, 1.807) is 4.90 Å². The van der Waals surface area contributed by atoms with Crippen LogP contribution in [0.25, 0.3) is 0 Å². The number of rotatable bonds is 2. The number of nitrogens with zero attached hydrogens (tertiary/aromatic N) is 2. The molecule has 6 heteroatoms. The van der Waals surface area contributed by atoms with Crippen LogP contribution in [0, 0.1) is 10.1 Å². The van der Waals surface area contributed by atoms with E-state index < -0.39 is 4.92 Å². The van der Waals surface area contributed by atoms with Crippen molar-refractivity contribution in [3.63, 3.8) is 0 Å². The highest BCUT2D eigenvalue weighted by Gasteiger charge is 2.29. The van der Waals surface area contributed by atoms with Crippen LogP contribution < -0.4 is 0 Å². The number of likely N-dealkylation sites (tertiary alicyclic amines) is 1. The SMILES string of the molecule is CC1CCCCN1C(=O)c1ccc(Cl)cc1[N+](=O)[O-]. The first-order chi connectivity index (χ1) is 9.00. The average Bonchev–Trinajstić information content (AvgIpc) is 2.38. The summed E-state index contributed by atoms with van der Waals surface area (Å²) in [5.74, 6) is -0.282. The summed E-state index contributed by atoms with van der Waals surface area (Å²) in [4.78, 5) is 24.6. The first-order valence-electron chi connectivity index (χ1n) is 6.25. The Balaban J connectivity index is 2.35. The second-order valence-electron chi connectivity index (χ2n) is 4.76. The minimum Gasteiger partial charge on any atom is -0.336 e. The van der Waals surface area contributed by atoms with Crippen LogP contribution in [0.1, 0.15) is 36.5 Å². The summed E-state index contributed by atoms with van der Waals surface area (Å²) in [6.45, 7) is 2.62. The maximum Gasteiger partial charge on any atom is 0.283 e. The quantitative estimate of drug-likeness (QED) is 0.618. The summed E-state index contributed by atoms with van der Waals surface area (Å²) >= 11 is 5.75. The predicted molar refractivity (Wildman–Crippen MR) is 72.5 cm³/mol. The number of nitro groups is 1. The number of benzene rings is 1. The van der Waals surface area contributed by atoms with E-state index in [0.29, 0.717) is 6.54 Å². The van der Waals surface area contributed by atoms with Crippen molar-refractivity contribution in [1.82, 2.24) is 4.90 Å². The van der Waals surface area contributed by atoms with E-state index in [1.807, 2.05) is 6.92 Å². The highest BCUT2D eigenvalue weighted by molar-refractivity contribution is 6.31. The van der Waals surface area contributed by atoms with E-state index in [0.717, 1.165) is 19.3 Å². The van der Waals surface area contributed by atoms with Gasteiger partial charge in [-0.05, 0) is 38.3 Å². The fourth-order valence-corrected chi connectivity index (χ4v) is 2.56. The molecule has 2 rings (SSSR count). The average molecular weight is 283 g/mol. The Morgan fingerprint density at radius 3 is 2.84 bits per heavy atom. The second kappa shape index (κ2) is 5.57. The molecule has 5 nitrogen and oxygen atoms in total. The van der Waals surface area contributed by atoms with Gasteiger partial charge >= 0.3 is 0 Å². The topological polar surface area (TPSA) is 63.5 Å². The molecule has 1 fully saturated rings. The van der Waals surface area contributed by atoms with Crippen molar-refractivity contribution < 1.29 is 9.72 Å². The molecule has 1 aliphatic heterocycles. The van der Waals surface area contributed by atoms with E-state index >= 15 is 0 Å². The zero-order valence-corrected chi connectivity index (χ0v) is 11.4. The Hall–Kier alpha value is -1.62. The van der Waals surface area contributed by atoms with Crippen molar-refractivity contribution in [3.05, 3.63) is 38.9 Å². The van der Waals surface area contributed by atoms with Gasteiger partial charge in [-0.25, -0.2) is 0 Å². The van der Waals surface area contributed by atoms with Gasteiger partial charge in [0, 0.05) is 23.7 Å². The smallest absolute Gasteiger partial charge is 0.283 e. The van der Waals surface area contributed by atoms with Crippen LogP contribution in [-0.2, 0) is 0 Å². The molecule has 102 valence electrons. The summed E-state index contributed by atoms with van der Waals surface area (Å²) in [6.07, 6.45) is 2.97. The summed E-state index contributed by atoms with van der Waals surface area (Å²) in [5, 5.41) is 11.3. The maximum absolute atomic E-state index is 12.4. The van der Waals surface area contributed by atoms with Crippen LogP contribution in [0.2, 0.25) is 5.02 Å². The van der Waals surface area contributed by atoms with Gasteiger partial charge in [-0.1, -0.05) is 11.6 Å². The summed E-state index contributed by atoms with van der Waals surface area (Å²) in [7, 11) is 0. The molecule has 0 bridgehead atoms. The molecule has 1 saturated heterocycles. The van der Waals surface area contributed by atoms with Crippen LogP contribution in [-0.4, -0.2) is 28.3 Å². The number of hydrogen-bond donors (Lipinski definition) is 0. The van der Waals surface area contributed by atoms with Gasteiger partial charge in [0.1, 0.15) is 5.56 Å². The van der Waals surface area contributed by atoms with Crippen LogP contribution in [0.3, 0.4) is 0 Å².